The van der Waals surface area contributed by atoms with Crippen LogP contribution in [-0.2, 0) is 10.0 Å². The second-order valence-electron chi connectivity index (χ2n) is 4.45. The number of piperidine rings is 1. The molecule has 1 fully saturated rings. The standard InChI is InChI=1S/C11H15BrN2O3S/c1-18(16,17)14-5-3-2-4-10(14)9-6-11(15)8(12)7-13-9/h6-7,10H,2-5H2,1H3,(H,13,15). The molecular formula is C11H15BrN2O3S. The van der Waals surface area contributed by atoms with Crippen LogP contribution in [0.25, 0.3) is 0 Å². The van der Waals surface area contributed by atoms with Crippen LogP contribution < -0.4 is 0 Å². The second kappa shape index (κ2) is 5.14. The van der Waals surface area contributed by atoms with Crippen molar-refractivity contribution in [3.63, 3.8) is 0 Å². The highest BCUT2D eigenvalue weighted by atomic mass is 79.9. The molecule has 1 aliphatic rings. The van der Waals surface area contributed by atoms with E-state index in [-0.39, 0.29) is 11.8 Å². The molecule has 0 aromatic carbocycles. The maximum atomic E-state index is 11.7. The molecule has 100 valence electrons. The Balaban J connectivity index is 2.37. The van der Waals surface area contributed by atoms with Gasteiger partial charge < -0.3 is 5.11 Å². The number of pyridine rings is 1. The highest BCUT2D eigenvalue weighted by Gasteiger charge is 2.31. The third-order valence-electron chi connectivity index (χ3n) is 3.08. The molecule has 2 rings (SSSR count). The van der Waals surface area contributed by atoms with Crippen molar-refractivity contribution in [3.8, 4) is 5.75 Å². The fourth-order valence-electron chi connectivity index (χ4n) is 2.22. The van der Waals surface area contributed by atoms with E-state index in [0.29, 0.717) is 16.7 Å². The van der Waals surface area contributed by atoms with Gasteiger partial charge in [-0.05, 0) is 28.8 Å². The third kappa shape index (κ3) is 2.84. The molecule has 0 radical (unpaired) electrons. The van der Waals surface area contributed by atoms with Crippen LogP contribution in [0.4, 0.5) is 0 Å². The molecule has 0 saturated carbocycles. The van der Waals surface area contributed by atoms with Gasteiger partial charge in [-0.25, -0.2) is 8.42 Å². The highest BCUT2D eigenvalue weighted by molar-refractivity contribution is 9.10. The van der Waals surface area contributed by atoms with Crippen LogP contribution in [0.5, 0.6) is 5.75 Å². The van der Waals surface area contributed by atoms with Crippen LogP contribution in [0.3, 0.4) is 0 Å². The molecule has 0 aliphatic carbocycles. The summed E-state index contributed by atoms with van der Waals surface area (Å²) in [6.45, 7) is 0.516. The van der Waals surface area contributed by atoms with Crippen LogP contribution in [0.2, 0.25) is 0 Å². The van der Waals surface area contributed by atoms with E-state index in [1.807, 2.05) is 0 Å². The average Bonchev–Trinajstić information content (AvgIpc) is 2.32. The number of hydrogen-bond acceptors (Lipinski definition) is 4. The lowest BCUT2D eigenvalue weighted by molar-refractivity contribution is 0.252. The summed E-state index contributed by atoms with van der Waals surface area (Å²) < 4.78 is 25.5. The largest absolute Gasteiger partial charge is 0.507 e. The molecule has 18 heavy (non-hydrogen) atoms. The Morgan fingerprint density at radius 2 is 2.22 bits per heavy atom. The zero-order valence-electron chi connectivity index (χ0n) is 10.0. The zero-order valence-corrected chi connectivity index (χ0v) is 12.4. The van der Waals surface area contributed by atoms with Crippen molar-refractivity contribution >= 4 is 26.0 Å². The third-order valence-corrected chi connectivity index (χ3v) is 4.98. The van der Waals surface area contributed by atoms with Crippen molar-refractivity contribution < 1.29 is 13.5 Å². The Morgan fingerprint density at radius 3 is 2.83 bits per heavy atom. The van der Waals surface area contributed by atoms with Gasteiger partial charge in [0.25, 0.3) is 0 Å². The van der Waals surface area contributed by atoms with E-state index >= 15 is 0 Å². The van der Waals surface area contributed by atoms with Gasteiger partial charge in [-0.3, -0.25) is 4.98 Å². The van der Waals surface area contributed by atoms with E-state index in [2.05, 4.69) is 20.9 Å². The molecule has 2 heterocycles. The Hall–Kier alpha value is -0.660. The van der Waals surface area contributed by atoms with Gasteiger partial charge in [0.2, 0.25) is 10.0 Å². The summed E-state index contributed by atoms with van der Waals surface area (Å²) in [7, 11) is -3.25. The predicted molar refractivity (Wildman–Crippen MR) is 71.7 cm³/mol. The second-order valence-corrected chi connectivity index (χ2v) is 7.24. The van der Waals surface area contributed by atoms with Crippen LogP contribution in [0.1, 0.15) is 31.0 Å². The fourth-order valence-corrected chi connectivity index (χ4v) is 3.58. The monoisotopic (exact) mass is 334 g/mol. The molecule has 1 aliphatic heterocycles. The predicted octanol–water partition coefficient (Wildman–Crippen LogP) is 2.04. The van der Waals surface area contributed by atoms with Gasteiger partial charge in [-0.15, -0.1) is 0 Å². The quantitative estimate of drug-likeness (QED) is 0.898. The highest BCUT2D eigenvalue weighted by Crippen LogP contribution is 2.34. The van der Waals surface area contributed by atoms with Gasteiger partial charge in [0.1, 0.15) is 5.75 Å². The number of nitrogens with zero attached hydrogens (tertiary/aromatic N) is 2. The van der Waals surface area contributed by atoms with E-state index < -0.39 is 10.0 Å². The molecule has 1 unspecified atom stereocenters. The van der Waals surface area contributed by atoms with E-state index in [4.69, 9.17) is 0 Å². The SMILES string of the molecule is CS(=O)(=O)N1CCCCC1c1cc(O)c(Br)cn1. The molecule has 0 bridgehead atoms. The first-order valence-corrected chi connectivity index (χ1v) is 8.35. The normalized spacial score (nSPS) is 22.0. The van der Waals surface area contributed by atoms with Gasteiger partial charge in [-0.1, -0.05) is 6.42 Å². The van der Waals surface area contributed by atoms with Crippen molar-refractivity contribution in [1.29, 1.82) is 0 Å². The van der Waals surface area contributed by atoms with Crippen LogP contribution in [-0.4, -0.2) is 35.6 Å². The van der Waals surface area contributed by atoms with E-state index in [9.17, 15) is 13.5 Å². The number of rotatable bonds is 2. The van der Waals surface area contributed by atoms with Crippen molar-refractivity contribution in [3.05, 3.63) is 22.4 Å². The van der Waals surface area contributed by atoms with E-state index in [0.717, 1.165) is 19.3 Å². The number of sulfonamides is 1. The van der Waals surface area contributed by atoms with Crippen molar-refractivity contribution in [1.82, 2.24) is 9.29 Å². The molecule has 7 heteroatoms. The first kappa shape index (κ1) is 13.8. The molecule has 0 amide bonds. The van der Waals surface area contributed by atoms with Crippen LogP contribution in [0.15, 0.2) is 16.7 Å². The van der Waals surface area contributed by atoms with E-state index in [1.54, 1.807) is 0 Å². The Kier molecular flexibility index (Phi) is 3.93. The Labute approximate surface area is 115 Å². The lowest BCUT2D eigenvalue weighted by atomic mass is 10.0. The molecule has 1 aromatic rings. The minimum atomic E-state index is -3.25. The minimum absolute atomic E-state index is 0.0824. The topological polar surface area (TPSA) is 70.5 Å². The number of halogens is 1. The number of aromatic hydroxyl groups is 1. The van der Waals surface area contributed by atoms with Gasteiger partial charge in [-0.2, -0.15) is 4.31 Å². The molecular weight excluding hydrogens is 320 g/mol. The smallest absolute Gasteiger partial charge is 0.211 e. The zero-order chi connectivity index (χ0) is 13.3. The molecule has 1 aromatic heterocycles. The average molecular weight is 335 g/mol. The number of aromatic nitrogens is 1. The lowest BCUT2D eigenvalue weighted by Crippen LogP contribution is -2.38. The van der Waals surface area contributed by atoms with Crippen LogP contribution in [0, 0.1) is 0 Å². The van der Waals surface area contributed by atoms with Gasteiger partial charge >= 0.3 is 0 Å². The summed E-state index contributed by atoms with van der Waals surface area (Å²) in [6.07, 6.45) is 5.28. The van der Waals surface area contributed by atoms with Crippen LogP contribution >= 0.6 is 15.9 Å². The summed E-state index contributed by atoms with van der Waals surface area (Å²) in [5, 5.41) is 9.66. The summed E-state index contributed by atoms with van der Waals surface area (Å²) >= 11 is 3.16. The van der Waals surface area contributed by atoms with Gasteiger partial charge in [0.05, 0.1) is 22.5 Å². The maximum Gasteiger partial charge on any atom is 0.211 e. The summed E-state index contributed by atoms with van der Waals surface area (Å²) in [6, 6.07) is 1.26. The summed E-state index contributed by atoms with van der Waals surface area (Å²) in [5.41, 5.74) is 0.598. The molecule has 5 nitrogen and oxygen atoms in total. The van der Waals surface area contributed by atoms with Crippen molar-refractivity contribution in [2.75, 3.05) is 12.8 Å². The first-order valence-electron chi connectivity index (χ1n) is 5.71. The fraction of sp³-hybridized carbons (Fsp3) is 0.545. The molecule has 1 N–H and O–H groups in total. The molecule has 1 saturated heterocycles. The van der Waals surface area contributed by atoms with Gasteiger partial charge in [0.15, 0.2) is 0 Å². The summed E-state index contributed by atoms with van der Waals surface area (Å²) in [4.78, 5) is 4.21. The molecule has 1 atom stereocenters. The Bertz CT molecular complexity index is 547. The van der Waals surface area contributed by atoms with Gasteiger partial charge in [0, 0.05) is 18.8 Å². The van der Waals surface area contributed by atoms with Crippen molar-refractivity contribution in [2.45, 2.75) is 25.3 Å². The van der Waals surface area contributed by atoms with E-state index in [1.165, 1.54) is 22.8 Å². The lowest BCUT2D eigenvalue weighted by Gasteiger charge is -2.33. The Morgan fingerprint density at radius 1 is 1.50 bits per heavy atom. The number of hydrogen-bond donors (Lipinski definition) is 1. The molecule has 0 spiro atoms. The minimum Gasteiger partial charge on any atom is -0.507 e. The first-order chi connectivity index (χ1) is 8.39. The summed E-state index contributed by atoms with van der Waals surface area (Å²) in [5.74, 6) is 0.0824. The maximum absolute atomic E-state index is 11.7. The van der Waals surface area contributed by atoms with Crippen molar-refractivity contribution in [2.24, 2.45) is 0 Å².